The van der Waals surface area contributed by atoms with Crippen LogP contribution in [0.5, 0.6) is 0 Å². The van der Waals surface area contributed by atoms with Crippen LogP contribution in [0.3, 0.4) is 0 Å². The Morgan fingerprint density at radius 1 is 1.20 bits per heavy atom. The standard InChI is InChI=1S/C13H22N5O12P3S2/c1-7(35-34-2)27-8-3-10(18-6-17-11-12(14)15-5-16-13(11)18)28-9(8)4-26-32(22,23)30-33(24,25)29-31(19,20)21/h5-10H,3-4H2,1-2H3,(H,22,23)(H,24,25)(H2,14,15,16)(H2,19,20,21)/t7-,8-,9-,10-/m1/s1. The molecule has 17 nitrogen and oxygen atoms in total. The van der Waals surface area contributed by atoms with E-state index in [0.717, 1.165) is 0 Å². The third-order valence-corrected chi connectivity index (χ3v) is 10.1. The maximum Gasteiger partial charge on any atom is 0.490 e. The molecule has 0 aliphatic carbocycles. The molecule has 1 aliphatic heterocycles. The lowest BCUT2D eigenvalue weighted by molar-refractivity contribution is -0.0617. The minimum absolute atomic E-state index is 0.161. The topological polar surface area (TPSA) is 248 Å². The fraction of sp³-hybridized carbons (Fsp3) is 0.615. The Hall–Kier alpha value is -0.620. The molecular weight excluding hydrogens is 575 g/mol. The summed E-state index contributed by atoms with van der Waals surface area (Å²) >= 11 is 0. The first-order chi connectivity index (χ1) is 16.2. The van der Waals surface area contributed by atoms with Gasteiger partial charge in [0.25, 0.3) is 0 Å². The first kappa shape index (κ1) is 28.9. The van der Waals surface area contributed by atoms with E-state index in [0.29, 0.717) is 11.2 Å². The predicted molar refractivity (Wildman–Crippen MR) is 124 cm³/mol. The Morgan fingerprint density at radius 3 is 2.57 bits per heavy atom. The molecule has 0 spiro atoms. The minimum Gasteiger partial charge on any atom is -0.382 e. The second-order valence-electron chi connectivity index (χ2n) is 6.84. The van der Waals surface area contributed by atoms with Gasteiger partial charge in [-0.25, -0.2) is 28.6 Å². The number of fused-ring (bicyclic) bond motifs is 1. The zero-order valence-electron chi connectivity index (χ0n) is 18.0. The van der Waals surface area contributed by atoms with Crippen molar-refractivity contribution >= 4 is 62.0 Å². The highest BCUT2D eigenvalue weighted by Crippen LogP contribution is 2.66. The summed E-state index contributed by atoms with van der Waals surface area (Å²) in [5.74, 6) is 0.161. The number of aromatic nitrogens is 4. The van der Waals surface area contributed by atoms with Crippen LogP contribution in [-0.4, -0.2) is 69.6 Å². The number of nitrogens with zero attached hydrogens (tertiary/aromatic N) is 4. The molecule has 2 unspecified atom stereocenters. The second kappa shape index (κ2) is 11.4. The highest BCUT2D eigenvalue weighted by Gasteiger charge is 2.44. The normalized spacial score (nSPS) is 25.4. The summed E-state index contributed by atoms with van der Waals surface area (Å²) in [4.78, 5) is 48.5. The zero-order valence-corrected chi connectivity index (χ0v) is 22.3. The van der Waals surface area contributed by atoms with E-state index in [9.17, 15) is 23.5 Å². The number of phosphoric acid groups is 3. The van der Waals surface area contributed by atoms with Gasteiger partial charge in [0.2, 0.25) is 0 Å². The fourth-order valence-corrected chi connectivity index (χ4v) is 7.56. The first-order valence-corrected chi connectivity index (χ1v) is 16.6. The van der Waals surface area contributed by atoms with Gasteiger partial charge in [-0.2, -0.15) is 8.62 Å². The van der Waals surface area contributed by atoms with Gasteiger partial charge >= 0.3 is 23.5 Å². The van der Waals surface area contributed by atoms with Crippen molar-refractivity contribution in [3.05, 3.63) is 12.7 Å². The number of nitrogen functional groups attached to an aromatic ring is 1. The average molecular weight is 597 g/mol. The molecule has 1 aliphatic rings. The van der Waals surface area contributed by atoms with Gasteiger partial charge in [-0.1, -0.05) is 21.6 Å². The van der Waals surface area contributed by atoms with Crippen LogP contribution < -0.4 is 5.73 Å². The molecule has 0 radical (unpaired) electrons. The van der Waals surface area contributed by atoms with E-state index in [2.05, 4.69) is 23.6 Å². The summed E-state index contributed by atoms with van der Waals surface area (Å²) in [6.45, 7) is 1.12. The van der Waals surface area contributed by atoms with Crippen molar-refractivity contribution in [2.45, 2.75) is 37.2 Å². The molecule has 2 aromatic heterocycles. The summed E-state index contributed by atoms with van der Waals surface area (Å²) in [6, 6.07) is 0. The first-order valence-electron chi connectivity index (χ1n) is 9.41. The van der Waals surface area contributed by atoms with Crippen LogP contribution in [0.25, 0.3) is 11.2 Å². The number of nitrogens with two attached hydrogens (primary N) is 1. The Balaban J connectivity index is 1.75. The van der Waals surface area contributed by atoms with Crippen molar-refractivity contribution in [2.24, 2.45) is 0 Å². The predicted octanol–water partition coefficient (Wildman–Crippen LogP) is 1.78. The number of phosphoric ester groups is 1. The maximum atomic E-state index is 12.1. The van der Waals surface area contributed by atoms with Gasteiger partial charge in [0, 0.05) is 6.42 Å². The molecule has 0 aromatic carbocycles. The van der Waals surface area contributed by atoms with Crippen LogP contribution >= 0.6 is 45.1 Å². The quantitative estimate of drug-likeness (QED) is 0.133. The van der Waals surface area contributed by atoms with Gasteiger partial charge in [0.1, 0.15) is 29.6 Å². The molecule has 22 heteroatoms. The number of anilines is 1. The van der Waals surface area contributed by atoms with Crippen LogP contribution in [-0.2, 0) is 36.3 Å². The molecule has 198 valence electrons. The van der Waals surface area contributed by atoms with Crippen LogP contribution in [0.2, 0.25) is 0 Å². The molecule has 0 bridgehead atoms. The SMILES string of the molecule is CSS[C@H](C)O[C@@H]1C[C@H](n2cnc3c(N)ncnc32)O[C@@H]1COP(=O)(O)OP(=O)(O)OP(=O)(O)O. The van der Waals surface area contributed by atoms with Crippen LogP contribution in [0, 0.1) is 0 Å². The van der Waals surface area contributed by atoms with Crippen molar-refractivity contribution in [3.63, 3.8) is 0 Å². The van der Waals surface area contributed by atoms with Crippen molar-refractivity contribution in [2.75, 3.05) is 18.6 Å². The van der Waals surface area contributed by atoms with Gasteiger partial charge in [0.05, 0.1) is 19.0 Å². The third kappa shape index (κ3) is 8.18. The van der Waals surface area contributed by atoms with Crippen molar-refractivity contribution in [1.29, 1.82) is 0 Å². The lowest BCUT2D eigenvalue weighted by Gasteiger charge is -2.23. The summed E-state index contributed by atoms with van der Waals surface area (Å²) in [6.07, 6.45) is 2.40. The Kier molecular flexibility index (Phi) is 9.44. The Bertz CT molecular complexity index is 1180. The summed E-state index contributed by atoms with van der Waals surface area (Å²) in [7, 11) is -13.6. The lowest BCUT2D eigenvalue weighted by Crippen LogP contribution is -2.30. The zero-order chi connectivity index (χ0) is 26.0. The van der Waals surface area contributed by atoms with Crippen LogP contribution in [0.1, 0.15) is 19.6 Å². The molecule has 0 amide bonds. The minimum atomic E-state index is -5.65. The number of ether oxygens (including phenoxy) is 2. The molecule has 1 saturated heterocycles. The molecule has 3 rings (SSSR count). The van der Waals surface area contributed by atoms with Crippen molar-refractivity contribution < 1.29 is 55.9 Å². The Morgan fingerprint density at radius 2 is 1.91 bits per heavy atom. The van der Waals surface area contributed by atoms with Gasteiger partial charge in [-0.05, 0) is 13.2 Å². The van der Waals surface area contributed by atoms with E-state index in [1.807, 2.05) is 6.26 Å². The van der Waals surface area contributed by atoms with E-state index < -0.39 is 48.5 Å². The largest absolute Gasteiger partial charge is 0.490 e. The monoisotopic (exact) mass is 597 g/mol. The van der Waals surface area contributed by atoms with Gasteiger partial charge in [0.15, 0.2) is 11.5 Å². The summed E-state index contributed by atoms with van der Waals surface area (Å²) in [5, 5.41) is 0. The van der Waals surface area contributed by atoms with Gasteiger partial charge in [-0.15, -0.1) is 0 Å². The highest BCUT2D eigenvalue weighted by molar-refractivity contribution is 8.76. The smallest absolute Gasteiger partial charge is 0.382 e. The molecule has 0 saturated carbocycles. The number of hydrogen-bond acceptors (Lipinski definition) is 14. The summed E-state index contributed by atoms with van der Waals surface area (Å²) in [5.41, 5.74) is 6.22. The molecule has 1 fully saturated rings. The summed E-state index contributed by atoms with van der Waals surface area (Å²) < 4.78 is 60.1. The van der Waals surface area contributed by atoms with E-state index >= 15 is 0 Å². The van der Waals surface area contributed by atoms with Gasteiger partial charge < -0.3 is 34.8 Å². The average Bonchev–Trinajstić information content (AvgIpc) is 3.28. The number of hydrogen-bond donors (Lipinski definition) is 5. The molecule has 2 aromatic rings. The van der Waals surface area contributed by atoms with Gasteiger partial charge in [-0.3, -0.25) is 9.09 Å². The molecule has 6 N–H and O–H groups in total. The number of rotatable bonds is 12. The highest BCUT2D eigenvalue weighted by atomic mass is 33.1. The maximum absolute atomic E-state index is 12.1. The van der Waals surface area contributed by atoms with E-state index in [1.54, 1.807) is 11.5 Å². The second-order valence-corrected chi connectivity index (χ2v) is 14.0. The molecule has 6 atom stereocenters. The van der Waals surface area contributed by atoms with E-state index in [4.69, 9.17) is 29.5 Å². The van der Waals surface area contributed by atoms with Crippen LogP contribution in [0.15, 0.2) is 12.7 Å². The molecular formula is C13H22N5O12P3S2. The number of imidazole rings is 1. The van der Waals surface area contributed by atoms with Crippen molar-refractivity contribution in [1.82, 2.24) is 19.5 Å². The van der Waals surface area contributed by atoms with Crippen LogP contribution in [0.4, 0.5) is 5.82 Å². The van der Waals surface area contributed by atoms with E-state index in [-0.39, 0.29) is 17.7 Å². The van der Waals surface area contributed by atoms with E-state index in [1.165, 1.54) is 34.2 Å². The fourth-order valence-electron chi connectivity index (χ4n) is 3.12. The third-order valence-electron chi connectivity index (χ3n) is 4.29. The Labute approximate surface area is 205 Å². The lowest BCUT2D eigenvalue weighted by atomic mass is 10.2. The molecule has 3 heterocycles. The molecule has 35 heavy (non-hydrogen) atoms. The van der Waals surface area contributed by atoms with Crippen molar-refractivity contribution in [3.8, 4) is 0 Å².